The summed E-state index contributed by atoms with van der Waals surface area (Å²) in [7, 11) is -3.80. The lowest BCUT2D eigenvalue weighted by atomic mass is 9.88. The standard InChI is InChI=1S/C13H30O3Si3/c1-17(2)15-18(3)16-19(4,5)9-8-11-6-7-12-13(10-11)14-12/h11-13,17-18H,6-10H2,1-5H3. The summed E-state index contributed by atoms with van der Waals surface area (Å²) < 4.78 is 17.9. The van der Waals surface area contributed by atoms with Crippen molar-refractivity contribution in [3.8, 4) is 0 Å². The Bertz CT molecular complexity index is 299. The van der Waals surface area contributed by atoms with E-state index in [0.29, 0.717) is 12.2 Å². The number of rotatable bonds is 7. The molecule has 1 aliphatic heterocycles. The van der Waals surface area contributed by atoms with E-state index in [4.69, 9.17) is 13.0 Å². The van der Waals surface area contributed by atoms with Gasteiger partial charge in [0.05, 0.1) is 12.2 Å². The second-order valence-corrected chi connectivity index (χ2v) is 16.3. The molecule has 3 nitrogen and oxygen atoms in total. The molecule has 2 rings (SSSR count). The first-order chi connectivity index (χ1) is 8.85. The molecule has 112 valence electrons. The molecule has 4 unspecified atom stereocenters. The van der Waals surface area contributed by atoms with Crippen molar-refractivity contribution in [3.63, 3.8) is 0 Å². The van der Waals surface area contributed by atoms with E-state index >= 15 is 0 Å². The number of ether oxygens (including phenoxy) is 1. The van der Waals surface area contributed by atoms with Gasteiger partial charge in [0.2, 0.25) is 0 Å². The second kappa shape index (κ2) is 6.53. The Morgan fingerprint density at radius 2 is 1.89 bits per heavy atom. The van der Waals surface area contributed by atoms with Crippen molar-refractivity contribution in [2.75, 3.05) is 0 Å². The van der Waals surface area contributed by atoms with E-state index < -0.39 is 26.6 Å². The van der Waals surface area contributed by atoms with Crippen LogP contribution >= 0.6 is 0 Å². The molecule has 0 spiro atoms. The molecule has 0 N–H and O–H groups in total. The summed E-state index contributed by atoms with van der Waals surface area (Å²) in [5, 5.41) is 0. The average molecular weight is 319 g/mol. The molecule has 6 heteroatoms. The number of fused-ring (bicyclic) bond motifs is 1. The molecule has 4 atom stereocenters. The summed E-state index contributed by atoms with van der Waals surface area (Å²) in [5.41, 5.74) is 0. The highest BCUT2D eigenvalue weighted by molar-refractivity contribution is 6.78. The summed E-state index contributed by atoms with van der Waals surface area (Å²) >= 11 is 0. The lowest BCUT2D eigenvalue weighted by Gasteiger charge is -2.30. The molecule has 1 saturated carbocycles. The molecule has 1 saturated heterocycles. The minimum absolute atomic E-state index is 0.619. The van der Waals surface area contributed by atoms with Crippen LogP contribution in [0.15, 0.2) is 0 Å². The highest BCUT2D eigenvalue weighted by Crippen LogP contribution is 2.41. The third-order valence-corrected chi connectivity index (χ3v) is 13.3. The van der Waals surface area contributed by atoms with Crippen LogP contribution in [0.25, 0.3) is 0 Å². The molecule has 0 radical (unpaired) electrons. The Balaban J connectivity index is 1.67. The lowest BCUT2D eigenvalue weighted by molar-refractivity contribution is 0.353. The zero-order chi connectivity index (χ0) is 14.0. The maximum Gasteiger partial charge on any atom is 0.297 e. The van der Waals surface area contributed by atoms with E-state index in [1.54, 1.807) is 0 Å². The Morgan fingerprint density at radius 1 is 1.16 bits per heavy atom. The second-order valence-electron chi connectivity index (χ2n) is 7.06. The molecule has 2 fully saturated rings. The summed E-state index contributed by atoms with van der Waals surface area (Å²) in [6, 6.07) is 1.29. The van der Waals surface area contributed by atoms with Crippen molar-refractivity contribution >= 4 is 26.6 Å². The van der Waals surface area contributed by atoms with Crippen LogP contribution in [0, 0.1) is 5.92 Å². The molecule has 0 aromatic carbocycles. The Kier molecular flexibility index (Phi) is 5.47. The van der Waals surface area contributed by atoms with Crippen molar-refractivity contribution in [1.82, 2.24) is 0 Å². The van der Waals surface area contributed by atoms with Gasteiger partial charge in [0.15, 0.2) is 17.4 Å². The first-order valence-electron chi connectivity index (χ1n) is 7.84. The fourth-order valence-electron chi connectivity index (χ4n) is 3.22. The van der Waals surface area contributed by atoms with E-state index in [1.807, 2.05) is 0 Å². The van der Waals surface area contributed by atoms with Gasteiger partial charge in [-0.15, -0.1) is 0 Å². The van der Waals surface area contributed by atoms with Crippen LogP contribution in [-0.2, 0) is 13.0 Å². The van der Waals surface area contributed by atoms with Crippen molar-refractivity contribution in [1.29, 1.82) is 0 Å². The third-order valence-electron chi connectivity index (χ3n) is 4.22. The van der Waals surface area contributed by atoms with Gasteiger partial charge in [-0.05, 0) is 64.0 Å². The third kappa shape index (κ3) is 5.43. The molecule has 1 aliphatic carbocycles. The van der Waals surface area contributed by atoms with Gasteiger partial charge in [-0.1, -0.05) is 6.42 Å². The Labute approximate surface area is 122 Å². The first kappa shape index (κ1) is 15.9. The molecule has 0 aromatic heterocycles. The molecule has 0 amide bonds. The minimum atomic E-state index is -1.51. The average Bonchev–Trinajstić information content (AvgIpc) is 3.02. The summed E-state index contributed by atoms with van der Waals surface area (Å²) in [6.07, 6.45) is 6.56. The fraction of sp³-hybridized carbons (Fsp3) is 1.00. The number of hydrogen-bond acceptors (Lipinski definition) is 3. The van der Waals surface area contributed by atoms with Crippen LogP contribution in [0.1, 0.15) is 25.7 Å². The molecule has 1 heterocycles. The Hall–Kier alpha value is 0.531. The number of epoxide rings is 1. The predicted molar refractivity (Wildman–Crippen MR) is 87.0 cm³/mol. The van der Waals surface area contributed by atoms with Gasteiger partial charge in [-0.3, -0.25) is 0 Å². The maximum absolute atomic E-state index is 6.34. The zero-order valence-electron chi connectivity index (χ0n) is 13.1. The van der Waals surface area contributed by atoms with Gasteiger partial charge >= 0.3 is 0 Å². The fourth-order valence-corrected chi connectivity index (χ4v) is 12.2. The largest absolute Gasteiger partial charge is 0.442 e. The zero-order valence-corrected chi connectivity index (χ0v) is 16.5. The van der Waals surface area contributed by atoms with Crippen molar-refractivity contribution < 1.29 is 13.0 Å². The summed E-state index contributed by atoms with van der Waals surface area (Å²) in [6.45, 7) is 11.4. The summed E-state index contributed by atoms with van der Waals surface area (Å²) in [4.78, 5) is 0. The van der Waals surface area contributed by atoms with E-state index in [9.17, 15) is 0 Å². The van der Waals surface area contributed by atoms with Crippen LogP contribution < -0.4 is 0 Å². The van der Waals surface area contributed by atoms with E-state index in [0.717, 1.165) is 5.92 Å². The van der Waals surface area contributed by atoms with Crippen LogP contribution in [0.2, 0.25) is 38.8 Å². The lowest BCUT2D eigenvalue weighted by Crippen LogP contribution is -2.40. The van der Waals surface area contributed by atoms with Gasteiger partial charge in [0.1, 0.15) is 0 Å². The van der Waals surface area contributed by atoms with E-state index in [-0.39, 0.29) is 0 Å². The molecule has 19 heavy (non-hydrogen) atoms. The van der Waals surface area contributed by atoms with Gasteiger partial charge in [-0.2, -0.15) is 0 Å². The van der Waals surface area contributed by atoms with Gasteiger partial charge in [0, 0.05) is 0 Å². The topological polar surface area (TPSA) is 31.0 Å². The quantitative estimate of drug-likeness (QED) is 0.534. The van der Waals surface area contributed by atoms with E-state index in [2.05, 4.69) is 32.7 Å². The molecular formula is C13H30O3Si3. The monoisotopic (exact) mass is 318 g/mol. The van der Waals surface area contributed by atoms with Crippen LogP contribution in [-0.4, -0.2) is 38.8 Å². The predicted octanol–water partition coefficient (Wildman–Crippen LogP) is 3.02. The Morgan fingerprint density at radius 3 is 2.53 bits per heavy atom. The van der Waals surface area contributed by atoms with Crippen LogP contribution in [0.4, 0.5) is 0 Å². The smallest absolute Gasteiger partial charge is 0.297 e. The minimum Gasteiger partial charge on any atom is -0.442 e. The van der Waals surface area contributed by atoms with Crippen molar-refractivity contribution in [2.45, 2.75) is 76.7 Å². The highest BCUT2D eigenvalue weighted by Gasteiger charge is 2.44. The van der Waals surface area contributed by atoms with Crippen molar-refractivity contribution in [3.05, 3.63) is 0 Å². The molecule has 0 aromatic rings. The molecular weight excluding hydrogens is 288 g/mol. The molecule has 2 aliphatic rings. The molecule has 0 bridgehead atoms. The number of hydrogen-bond donors (Lipinski definition) is 0. The van der Waals surface area contributed by atoms with Gasteiger partial charge < -0.3 is 13.0 Å². The maximum atomic E-state index is 6.34. The van der Waals surface area contributed by atoms with Gasteiger partial charge in [0.25, 0.3) is 9.28 Å². The first-order valence-corrected chi connectivity index (χ1v) is 15.8. The van der Waals surface area contributed by atoms with Crippen LogP contribution in [0.3, 0.4) is 0 Å². The SMILES string of the molecule is C[SiH](C)O[SiH](C)O[Si](C)(C)CCC1CCC2OC2C1. The van der Waals surface area contributed by atoms with Crippen LogP contribution in [0.5, 0.6) is 0 Å². The van der Waals surface area contributed by atoms with Crippen molar-refractivity contribution in [2.24, 2.45) is 5.92 Å². The summed E-state index contributed by atoms with van der Waals surface area (Å²) in [5.74, 6) is 0.886. The highest BCUT2D eigenvalue weighted by atomic mass is 28.4. The van der Waals surface area contributed by atoms with Gasteiger partial charge in [-0.25, -0.2) is 0 Å². The van der Waals surface area contributed by atoms with E-state index in [1.165, 1.54) is 31.7 Å². The normalized spacial score (nSPS) is 32.2.